The lowest BCUT2D eigenvalue weighted by molar-refractivity contribution is 0.318. The molecule has 1 heterocycles. The number of aromatic nitrogens is 3. The van der Waals surface area contributed by atoms with E-state index in [1.165, 1.54) is 0 Å². The highest BCUT2D eigenvalue weighted by Crippen LogP contribution is 2.26. The standard InChI is InChI=1S/C15H15N3OS/c1-2-8-19-12-7-6-11-4-3-5-14(13(11)9-12)18-10-16-17-15(18)20/h3-7,9-10H,2,8H2,1H3,(H,17,20). The van der Waals surface area contributed by atoms with Gasteiger partial charge in [0, 0.05) is 5.39 Å². The van der Waals surface area contributed by atoms with Crippen molar-refractivity contribution >= 4 is 23.0 Å². The molecule has 20 heavy (non-hydrogen) atoms. The average molecular weight is 285 g/mol. The number of aromatic amines is 1. The van der Waals surface area contributed by atoms with Crippen molar-refractivity contribution in [1.29, 1.82) is 0 Å². The Balaban J connectivity index is 2.17. The van der Waals surface area contributed by atoms with Crippen LogP contribution in [0.4, 0.5) is 0 Å². The first-order valence-corrected chi connectivity index (χ1v) is 6.98. The second kappa shape index (κ2) is 5.46. The maximum Gasteiger partial charge on any atom is 0.199 e. The van der Waals surface area contributed by atoms with Gasteiger partial charge >= 0.3 is 0 Å². The molecule has 0 unspecified atom stereocenters. The Morgan fingerprint density at radius 1 is 1.30 bits per heavy atom. The number of fused-ring (bicyclic) bond motifs is 1. The third kappa shape index (κ3) is 2.32. The molecule has 2 aromatic carbocycles. The first-order chi connectivity index (χ1) is 9.79. The molecule has 0 fully saturated rings. The van der Waals surface area contributed by atoms with Crippen molar-refractivity contribution in [3.8, 4) is 11.4 Å². The minimum absolute atomic E-state index is 0.581. The highest BCUT2D eigenvalue weighted by atomic mass is 32.1. The van der Waals surface area contributed by atoms with Crippen LogP contribution >= 0.6 is 12.2 Å². The molecule has 0 amide bonds. The third-order valence-electron chi connectivity index (χ3n) is 3.12. The largest absolute Gasteiger partial charge is 0.494 e. The molecule has 4 nitrogen and oxygen atoms in total. The molecule has 0 aliphatic rings. The summed E-state index contributed by atoms with van der Waals surface area (Å²) >= 11 is 5.25. The van der Waals surface area contributed by atoms with Crippen LogP contribution in [0.5, 0.6) is 5.75 Å². The molecular weight excluding hydrogens is 270 g/mol. The SMILES string of the molecule is CCCOc1ccc2cccc(-n3cn[nH]c3=S)c2c1. The van der Waals surface area contributed by atoms with Gasteiger partial charge in [0.15, 0.2) is 4.77 Å². The fourth-order valence-corrected chi connectivity index (χ4v) is 2.37. The van der Waals surface area contributed by atoms with E-state index in [4.69, 9.17) is 17.0 Å². The topological polar surface area (TPSA) is 42.8 Å². The van der Waals surface area contributed by atoms with Crippen molar-refractivity contribution in [1.82, 2.24) is 14.8 Å². The van der Waals surface area contributed by atoms with E-state index in [2.05, 4.69) is 35.3 Å². The van der Waals surface area contributed by atoms with E-state index in [-0.39, 0.29) is 0 Å². The summed E-state index contributed by atoms with van der Waals surface area (Å²) in [6.45, 7) is 2.82. The van der Waals surface area contributed by atoms with Gasteiger partial charge < -0.3 is 4.74 Å². The molecule has 0 aliphatic heterocycles. The Labute approximate surface area is 122 Å². The fraction of sp³-hybridized carbons (Fsp3) is 0.200. The van der Waals surface area contributed by atoms with Crippen LogP contribution in [0.2, 0.25) is 0 Å². The van der Waals surface area contributed by atoms with Gasteiger partial charge in [-0.15, -0.1) is 0 Å². The number of hydrogen-bond donors (Lipinski definition) is 1. The maximum atomic E-state index is 5.71. The fourth-order valence-electron chi connectivity index (χ4n) is 2.17. The second-order valence-corrected chi connectivity index (χ2v) is 4.93. The molecule has 1 N–H and O–H groups in total. The molecular formula is C15H15N3OS. The first-order valence-electron chi connectivity index (χ1n) is 6.57. The Morgan fingerprint density at radius 2 is 2.20 bits per heavy atom. The van der Waals surface area contributed by atoms with Gasteiger partial charge in [-0.3, -0.25) is 9.67 Å². The second-order valence-electron chi connectivity index (χ2n) is 4.54. The summed E-state index contributed by atoms with van der Waals surface area (Å²) in [7, 11) is 0. The Hall–Kier alpha value is -2.14. The summed E-state index contributed by atoms with van der Waals surface area (Å²) in [5.41, 5.74) is 1.00. The summed E-state index contributed by atoms with van der Waals surface area (Å²) in [6, 6.07) is 12.2. The molecule has 0 atom stereocenters. The smallest absolute Gasteiger partial charge is 0.199 e. The molecule has 0 saturated carbocycles. The van der Waals surface area contributed by atoms with Crippen LogP contribution in [0, 0.1) is 4.77 Å². The predicted molar refractivity (Wildman–Crippen MR) is 82.0 cm³/mol. The van der Waals surface area contributed by atoms with Gasteiger partial charge in [-0.2, -0.15) is 5.10 Å². The van der Waals surface area contributed by atoms with Crippen LogP contribution in [0.3, 0.4) is 0 Å². The van der Waals surface area contributed by atoms with Crippen LogP contribution in [-0.4, -0.2) is 21.4 Å². The number of benzene rings is 2. The molecule has 3 rings (SSSR count). The minimum atomic E-state index is 0.581. The van der Waals surface area contributed by atoms with Crippen molar-refractivity contribution in [3.05, 3.63) is 47.5 Å². The number of nitrogens with one attached hydrogen (secondary N) is 1. The summed E-state index contributed by atoms with van der Waals surface area (Å²) in [5, 5.41) is 9.00. The van der Waals surface area contributed by atoms with Gasteiger partial charge in [0.1, 0.15) is 12.1 Å². The molecule has 0 aliphatic carbocycles. The van der Waals surface area contributed by atoms with Gasteiger partial charge in [0.05, 0.1) is 12.3 Å². The van der Waals surface area contributed by atoms with Crippen molar-refractivity contribution in [2.75, 3.05) is 6.61 Å². The normalized spacial score (nSPS) is 10.8. The summed E-state index contributed by atoms with van der Waals surface area (Å²) in [4.78, 5) is 0. The summed E-state index contributed by atoms with van der Waals surface area (Å²) < 4.78 is 8.15. The Kier molecular flexibility index (Phi) is 3.52. The van der Waals surface area contributed by atoms with E-state index in [0.717, 1.165) is 35.2 Å². The van der Waals surface area contributed by atoms with Crippen molar-refractivity contribution in [2.45, 2.75) is 13.3 Å². The molecule has 102 valence electrons. The van der Waals surface area contributed by atoms with Crippen molar-refractivity contribution in [2.24, 2.45) is 0 Å². The molecule has 0 bridgehead atoms. The van der Waals surface area contributed by atoms with E-state index >= 15 is 0 Å². The van der Waals surface area contributed by atoms with Crippen molar-refractivity contribution < 1.29 is 4.74 Å². The van der Waals surface area contributed by atoms with Gasteiger partial charge in [-0.05, 0) is 42.2 Å². The summed E-state index contributed by atoms with van der Waals surface area (Å²) in [5.74, 6) is 0.877. The zero-order chi connectivity index (χ0) is 13.9. The van der Waals surface area contributed by atoms with Gasteiger partial charge in [0.25, 0.3) is 0 Å². The van der Waals surface area contributed by atoms with Crippen LogP contribution in [0.25, 0.3) is 16.5 Å². The molecule has 5 heteroatoms. The summed E-state index contributed by atoms with van der Waals surface area (Å²) in [6.07, 6.45) is 2.68. The molecule has 1 aromatic heterocycles. The average Bonchev–Trinajstić information content (AvgIpc) is 2.90. The van der Waals surface area contributed by atoms with E-state index in [1.54, 1.807) is 6.33 Å². The monoisotopic (exact) mass is 285 g/mol. The Bertz CT molecular complexity index is 791. The zero-order valence-corrected chi connectivity index (χ0v) is 12.0. The lowest BCUT2D eigenvalue weighted by atomic mass is 10.1. The number of H-pyrrole nitrogens is 1. The van der Waals surface area contributed by atoms with E-state index < -0.39 is 0 Å². The van der Waals surface area contributed by atoms with Gasteiger partial charge in [0.2, 0.25) is 0 Å². The first kappa shape index (κ1) is 12.9. The highest BCUT2D eigenvalue weighted by Gasteiger charge is 2.06. The lowest BCUT2D eigenvalue weighted by Gasteiger charge is -2.10. The minimum Gasteiger partial charge on any atom is -0.494 e. The third-order valence-corrected chi connectivity index (χ3v) is 3.40. The number of nitrogens with zero attached hydrogens (tertiary/aromatic N) is 2. The van der Waals surface area contributed by atoms with Crippen LogP contribution in [0.1, 0.15) is 13.3 Å². The predicted octanol–water partition coefficient (Wildman–Crippen LogP) is 3.87. The van der Waals surface area contributed by atoms with Crippen LogP contribution in [-0.2, 0) is 0 Å². The molecule has 0 saturated heterocycles. The highest BCUT2D eigenvalue weighted by molar-refractivity contribution is 7.71. The van der Waals surface area contributed by atoms with Crippen LogP contribution in [0.15, 0.2) is 42.7 Å². The van der Waals surface area contributed by atoms with E-state index in [1.807, 2.05) is 22.8 Å². The molecule has 0 radical (unpaired) electrons. The van der Waals surface area contributed by atoms with Gasteiger partial charge in [-0.1, -0.05) is 25.1 Å². The molecule has 3 aromatic rings. The Morgan fingerprint density at radius 3 is 2.95 bits per heavy atom. The van der Waals surface area contributed by atoms with E-state index in [0.29, 0.717) is 4.77 Å². The number of hydrogen-bond acceptors (Lipinski definition) is 3. The van der Waals surface area contributed by atoms with Crippen LogP contribution < -0.4 is 4.74 Å². The quantitative estimate of drug-likeness (QED) is 0.740. The number of ether oxygens (including phenoxy) is 1. The number of rotatable bonds is 4. The van der Waals surface area contributed by atoms with Gasteiger partial charge in [-0.25, -0.2) is 0 Å². The van der Waals surface area contributed by atoms with E-state index in [9.17, 15) is 0 Å². The van der Waals surface area contributed by atoms with Crippen molar-refractivity contribution in [3.63, 3.8) is 0 Å². The maximum absolute atomic E-state index is 5.71. The zero-order valence-electron chi connectivity index (χ0n) is 11.2. The molecule has 0 spiro atoms. The lowest BCUT2D eigenvalue weighted by Crippen LogP contribution is -1.97.